The number of alkyl carbamates (subject to hydrolysis) is 1. The van der Waals surface area contributed by atoms with Gasteiger partial charge in [-0.3, -0.25) is 14.5 Å². The Morgan fingerprint density at radius 2 is 1.17 bits per heavy atom. The van der Waals surface area contributed by atoms with Crippen LogP contribution in [0.1, 0.15) is 74.7 Å². The molecule has 2 aromatic heterocycles. The zero-order valence-corrected chi connectivity index (χ0v) is 34.4. The van der Waals surface area contributed by atoms with Crippen LogP contribution in [0.4, 0.5) is 9.59 Å². The normalized spacial score (nSPS) is 18.8. The van der Waals surface area contributed by atoms with Gasteiger partial charge in [-0.1, -0.05) is 48.5 Å². The van der Waals surface area contributed by atoms with E-state index in [1.807, 2.05) is 38.1 Å². The number of aromatic amines is 2. The first kappa shape index (κ1) is 41.9. The Labute approximate surface area is 338 Å². The fraction of sp³-hybridized carbons (Fsp3) is 0.476. The molecule has 0 spiro atoms. The SMILES string of the molecule is COC(=O)N[C@H](C(=O)N1CCC[C@H]1c1nc(-c2ccc(-c3ccc(-c4nc([C@@H]5CCCN5C(=O)[C@H]([C@@H](C)OC)N(C)C(=O)O)[nH]c4C)cc3)cc2)c(C)[nH]1)[C@@H](C)OC. The molecule has 4 aromatic rings. The number of nitrogens with zero attached hydrogens (tertiary/aromatic N) is 5. The van der Waals surface area contributed by atoms with E-state index in [1.165, 1.54) is 28.4 Å². The second-order valence-electron chi connectivity index (χ2n) is 15.1. The molecule has 2 aliphatic rings. The van der Waals surface area contributed by atoms with Gasteiger partial charge in [0.05, 0.1) is 42.8 Å². The zero-order valence-electron chi connectivity index (χ0n) is 34.4. The van der Waals surface area contributed by atoms with Gasteiger partial charge in [0, 0.05) is 56.9 Å². The van der Waals surface area contributed by atoms with Gasteiger partial charge in [-0.05, 0) is 64.5 Å². The third-order valence-corrected chi connectivity index (χ3v) is 11.5. The predicted octanol–water partition coefficient (Wildman–Crippen LogP) is 5.85. The Kier molecular flexibility index (Phi) is 12.9. The van der Waals surface area contributed by atoms with Gasteiger partial charge in [0.15, 0.2) is 0 Å². The van der Waals surface area contributed by atoms with Gasteiger partial charge in [0.2, 0.25) is 11.8 Å². The molecule has 6 atom stereocenters. The number of likely N-dealkylation sites (tertiary alicyclic amines) is 2. The maximum Gasteiger partial charge on any atom is 0.407 e. The smallest absolute Gasteiger partial charge is 0.407 e. The number of hydrogen-bond acceptors (Lipinski definition) is 9. The molecule has 310 valence electrons. The van der Waals surface area contributed by atoms with Gasteiger partial charge in [0.1, 0.15) is 23.7 Å². The first-order valence-electron chi connectivity index (χ1n) is 19.6. The summed E-state index contributed by atoms with van der Waals surface area (Å²) in [6.07, 6.45) is -0.0671. The zero-order chi connectivity index (χ0) is 41.8. The minimum atomic E-state index is -1.20. The van der Waals surface area contributed by atoms with Crippen LogP contribution in [0.15, 0.2) is 48.5 Å². The number of methoxy groups -OCH3 is 3. The maximum absolute atomic E-state index is 13.8. The van der Waals surface area contributed by atoms with Crippen LogP contribution in [0.3, 0.4) is 0 Å². The number of benzene rings is 2. The molecule has 0 saturated carbocycles. The van der Waals surface area contributed by atoms with Crippen molar-refractivity contribution >= 4 is 24.0 Å². The average molecular weight is 799 g/mol. The summed E-state index contributed by atoms with van der Waals surface area (Å²) in [6, 6.07) is 13.9. The topological polar surface area (TPSA) is 195 Å². The maximum atomic E-state index is 13.8. The number of hydrogen-bond donors (Lipinski definition) is 4. The van der Waals surface area contributed by atoms with Crippen molar-refractivity contribution in [1.29, 1.82) is 0 Å². The highest BCUT2D eigenvalue weighted by Gasteiger charge is 2.42. The van der Waals surface area contributed by atoms with E-state index in [4.69, 9.17) is 24.2 Å². The third-order valence-electron chi connectivity index (χ3n) is 11.5. The van der Waals surface area contributed by atoms with Crippen molar-refractivity contribution < 1.29 is 38.5 Å². The summed E-state index contributed by atoms with van der Waals surface area (Å²) in [4.78, 5) is 72.6. The molecule has 2 aromatic carbocycles. The van der Waals surface area contributed by atoms with E-state index in [2.05, 4.69) is 39.6 Å². The van der Waals surface area contributed by atoms with Crippen molar-refractivity contribution in [3.63, 3.8) is 0 Å². The van der Waals surface area contributed by atoms with Crippen molar-refractivity contribution in [2.75, 3.05) is 41.5 Å². The number of aromatic nitrogens is 4. The Morgan fingerprint density at radius 3 is 1.59 bits per heavy atom. The Bertz CT molecular complexity index is 2100. The van der Waals surface area contributed by atoms with Crippen LogP contribution in [0, 0.1) is 13.8 Å². The van der Waals surface area contributed by atoms with Gasteiger partial charge < -0.3 is 44.4 Å². The molecule has 4 amide bonds. The largest absolute Gasteiger partial charge is 0.465 e. The summed E-state index contributed by atoms with van der Waals surface area (Å²) >= 11 is 0. The number of rotatable bonds is 13. The Balaban J connectivity index is 1.16. The lowest BCUT2D eigenvalue weighted by atomic mass is 10.0. The summed E-state index contributed by atoms with van der Waals surface area (Å²) in [5.41, 5.74) is 7.26. The summed E-state index contributed by atoms with van der Waals surface area (Å²) < 4.78 is 15.6. The number of carbonyl (C=O) groups excluding carboxylic acids is 3. The van der Waals surface area contributed by atoms with E-state index in [0.717, 1.165) is 69.2 Å². The number of ether oxygens (including phenoxy) is 3. The van der Waals surface area contributed by atoms with Gasteiger partial charge in [0.25, 0.3) is 0 Å². The quantitative estimate of drug-likeness (QED) is 0.127. The Morgan fingerprint density at radius 1 is 0.741 bits per heavy atom. The molecule has 0 unspecified atom stereocenters. The van der Waals surface area contributed by atoms with Crippen LogP contribution in [0.5, 0.6) is 0 Å². The number of likely N-dealkylation sites (N-methyl/N-ethyl adjacent to an activating group) is 1. The molecule has 16 heteroatoms. The standard InChI is InChI=1S/C42H54N8O8/c1-23-33(45-37(43-23)31-11-9-21-49(31)39(51)35(25(3)56-6)47-41(53)58-8)29-17-13-27(14-18-29)28-15-19-30(20-16-28)34-24(2)44-38(46-34)32-12-10-22-50(32)40(52)36(26(4)57-7)48(5)42(54)55/h13-20,25-26,31-32,35-36H,9-12,21-22H2,1-8H3,(H,43,45)(H,44,46)(H,47,53)(H,54,55)/t25-,26-,31+,32+,35+,36+/m1/s1. The second kappa shape index (κ2) is 17.8. The van der Waals surface area contributed by atoms with Crippen molar-refractivity contribution in [3.8, 4) is 33.6 Å². The number of carboxylic acid groups (broad SMARTS) is 1. The molecule has 0 bridgehead atoms. The fourth-order valence-corrected chi connectivity index (χ4v) is 8.10. The van der Waals surface area contributed by atoms with Crippen LogP contribution in [-0.2, 0) is 23.8 Å². The summed E-state index contributed by atoms with van der Waals surface area (Å²) in [6.45, 7) is 8.39. The number of aryl methyl sites for hydroxylation is 2. The van der Waals surface area contributed by atoms with E-state index in [0.29, 0.717) is 31.2 Å². The van der Waals surface area contributed by atoms with E-state index in [1.54, 1.807) is 23.6 Å². The highest BCUT2D eigenvalue weighted by Crippen LogP contribution is 2.36. The van der Waals surface area contributed by atoms with Crippen molar-refractivity contribution in [2.24, 2.45) is 0 Å². The first-order chi connectivity index (χ1) is 27.8. The molecule has 4 N–H and O–H groups in total. The van der Waals surface area contributed by atoms with Crippen LogP contribution in [-0.4, -0.2) is 130 Å². The van der Waals surface area contributed by atoms with Gasteiger partial charge >= 0.3 is 12.2 Å². The summed E-state index contributed by atoms with van der Waals surface area (Å²) in [5.74, 6) is 0.807. The van der Waals surface area contributed by atoms with Crippen molar-refractivity contribution in [3.05, 3.63) is 71.6 Å². The van der Waals surface area contributed by atoms with Crippen LogP contribution in [0.25, 0.3) is 33.6 Å². The molecular weight excluding hydrogens is 745 g/mol. The number of H-pyrrole nitrogens is 2. The molecule has 58 heavy (non-hydrogen) atoms. The van der Waals surface area contributed by atoms with E-state index in [-0.39, 0.29) is 23.9 Å². The van der Waals surface area contributed by atoms with Gasteiger partial charge in [-0.25, -0.2) is 19.6 Å². The van der Waals surface area contributed by atoms with Gasteiger partial charge in [-0.2, -0.15) is 0 Å². The molecule has 2 fully saturated rings. The van der Waals surface area contributed by atoms with Crippen LogP contribution < -0.4 is 5.32 Å². The molecule has 2 aliphatic heterocycles. The monoisotopic (exact) mass is 798 g/mol. The van der Waals surface area contributed by atoms with Crippen molar-refractivity contribution in [1.82, 2.24) is 40.0 Å². The molecule has 6 rings (SSSR count). The lowest BCUT2D eigenvalue weighted by Gasteiger charge is -2.34. The lowest BCUT2D eigenvalue weighted by Crippen LogP contribution is -2.54. The number of imidazole rings is 2. The minimum Gasteiger partial charge on any atom is -0.465 e. The second-order valence-corrected chi connectivity index (χ2v) is 15.1. The Hall–Kier alpha value is -5.74. The average Bonchev–Trinajstić information content (AvgIpc) is 4.06. The number of amides is 4. The molecule has 16 nitrogen and oxygen atoms in total. The van der Waals surface area contributed by atoms with E-state index >= 15 is 0 Å². The van der Waals surface area contributed by atoms with Crippen molar-refractivity contribution in [2.45, 2.75) is 89.8 Å². The van der Waals surface area contributed by atoms with E-state index < -0.39 is 36.5 Å². The summed E-state index contributed by atoms with van der Waals surface area (Å²) in [7, 11) is 5.61. The minimum absolute atomic E-state index is 0.252. The third kappa shape index (κ3) is 8.43. The highest BCUT2D eigenvalue weighted by molar-refractivity contribution is 5.87. The van der Waals surface area contributed by atoms with Crippen LogP contribution >= 0.6 is 0 Å². The molecule has 4 heterocycles. The number of nitrogens with one attached hydrogen (secondary N) is 3. The number of carbonyl (C=O) groups is 4. The van der Waals surface area contributed by atoms with E-state index in [9.17, 15) is 24.3 Å². The molecule has 0 aliphatic carbocycles. The first-order valence-corrected chi connectivity index (χ1v) is 19.6. The van der Waals surface area contributed by atoms with Gasteiger partial charge in [-0.15, -0.1) is 0 Å². The molecule has 2 saturated heterocycles. The predicted molar refractivity (Wildman–Crippen MR) is 216 cm³/mol. The molecule has 0 radical (unpaired) electrons. The van der Waals surface area contributed by atoms with Crippen LogP contribution in [0.2, 0.25) is 0 Å². The highest BCUT2D eigenvalue weighted by atomic mass is 16.5. The summed E-state index contributed by atoms with van der Waals surface area (Å²) in [5, 5.41) is 12.3. The molecular formula is C42H54N8O8. The lowest BCUT2D eigenvalue weighted by molar-refractivity contribution is -0.141. The fourth-order valence-electron chi connectivity index (χ4n) is 8.10.